The van der Waals surface area contributed by atoms with Crippen molar-refractivity contribution < 1.29 is 19.4 Å². The van der Waals surface area contributed by atoms with E-state index in [2.05, 4.69) is 0 Å². The number of hydrogen-bond acceptors (Lipinski definition) is 4. The summed E-state index contributed by atoms with van der Waals surface area (Å²) >= 11 is 6.07. The minimum atomic E-state index is -1.82. The number of hydrogen-bond donors (Lipinski definition) is 1. The number of ketones is 1. The van der Waals surface area contributed by atoms with Crippen molar-refractivity contribution in [1.82, 2.24) is 0 Å². The summed E-state index contributed by atoms with van der Waals surface area (Å²) in [4.78, 5) is 26.0. The van der Waals surface area contributed by atoms with Crippen LogP contribution in [0.5, 0.6) is 5.75 Å². The van der Waals surface area contributed by atoms with Crippen LogP contribution in [0.4, 0.5) is 5.69 Å². The summed E-state index contributed by atoms with van der Waals surface area (Å²) in [6, 6.07) is 12.5. The van der Waals surface area contributed by atoms with Crippen LogP contribution < -0.4 is 9.64 Å². The largest absolute Gasteiger partial charge is 0.490 e. The zero-order valence-corrected chi connectivity index (χ0v) is 15.4. The van der Waals surface area contributed by atoms with Gasteiger partial charge in [0.25, 0.3) is 5.91 Å². The van der Waals surface area contributed by atoms with Crippen LogP contribution in [0.15, 0.2) is 42.5 Å². The predicted octanol–water partition coefficient (Wildman–Crippen LogP) is 3.24. The van der Waals surface area contributed by atoms with Gasteiger partial charge in [-0.15, -0.1) is 0 Å². The molecule has 2 aromatic carbocycles. The van der Waals surface area contributed by atoms with E-state index in [0.29, 0.717) is 22.0 Å². The Kier molecular flexibility index (Phi) is 5.03. The van der Waals surface area contributed by atoms with Crippen molar-refractivity contribution in [2.45, 2.75) is 25.9 Å². The maximum atomic E-state index is 12.9. The lowest BCUT2D eigenvalue weighted by Gasteiger charge is -2.22. The van der Waals surface area contributed by atoms with Gasteiger partial charge in [0, 0.05) is 12.0 Å². The second-order valence-corrected chi connectivity index (χ2v) is 6.90. The number of para-hydroxylation sites is 1. The van der Waals surface area contributed by atoms with Crippen molar-refractivity contribution in [3.63, 3.8) is 0 Å². The van der Waals surface area contributed by atoms with Crippen LogP contribution in [0, 0.1) is 6.92 Å². The van der Waals surface area contributed by atoms with Gasteiger partial charge in [-0.3, -0.25) is 9.59 Å². The number of benzene rings is 2. The minimum Gasteiger partial charge on any atom is -0.490 e. The van der Waals surface area contributed by atoms with E-state index < -0.39 is 11.5 Å². The fourth-order valence-electron chi connectivity index (χ4n) is 3.23. The van der Waals surface area contributed by atoms with Gasteiger partial charge in [-0.1, -0.05) is 41.4 Å². The summed E-state index contributed by atoms with van der Waals surface area (Å²) < 4.78 is 5.66. The molecule has 0 saturated carbocycles. The van der Waals surface area contributed by atoms with Crippen LogP contribution >= 0.6 is 11.6 Å². The van der Waals surface area contributed by atoms with Gasteiger partial charge in [-0.05, 0) is 32.0 Å². The Bertz CT molecular complexity index is 867. The van der Waals surface area contributed by atoms with Gasteiger partial charge >= 0.3 is 0 Å². The number of rotatable bonds is 6. The number of halogens is 1. The van der Waals surface area contributed by atoms with Crippen molar-refractivity contribution in [2.75, 3.05) is 18.1 Å². The number of amides is 1. The molecule has 0 spiro atoms. The van der Waals surface area contributed by atoms with Crippen LogP contribution in [-0.2, 0) is 15.2 Å². The van der Waals surface area contributed by atoms with E-state index in [1.807, 2.05) is 19.1 Å². The molecule has 0 aliphatic carbocycles. The zero-order chi connectivity index (χ0) is 18.9. The fraction of sp³-hybridized carbons (Fsp3) is 0.300. The van der Waals surface area contributed by atoms with Crippen LogP contribution in [-0.4, -0.2) is 29.9 Å². The highest BCUT2D eigenvalue weighted by Crippen LogP contribution is 2.42. The average molecular weight is 374 g/mol. The molecule has 1 N–H and O–H groups in total. The normalized spacial score (nSPS) is 18.8. The van der Waals surface area contributed by atoms with Gasteiger partial charge in [0.05, 0.1) is 17.3 Å². The Hall–Kier alpha value is -2.37. The Morgan fingerprint density at radius 2 is 2.00 bits per heavy atom. The predicted molar refractivity (Wildman–Crippen MR) is 99.7 cm³/mol. The molecule has 1 amide bonds. The summed E-state index contributed by atoms with van der Waals surface area (Å²) in [7, 11) is 0. The lowest BCUT2D eigenvalue weighted by molar-refractivity contribution is -0.141. The number of aliphatic hydroxyl groups is 1. The first-order chi connectivity index (χ1) is 12.3. The highest BCUT2D eigenvalue weighted by molar-refractivity contribution is 6.32. The van der Waals surface area contributed by atoms with Gasteiger partial charge in [0.2, 0.25) is 0 Å². The summed E-state index contributed by atoms with van der Waals surface area (Å²) in [5, 5.41) is 11.5. The molecule has 0 aromatic heterocycles. The average Bonchev–Trinajstić information content (AvgIpc) is 2.77. The second kappa shape index (κ2) is 7.09. The van der Waals surface area contributed by atoms with E-state index in [1.165, 1.54) is 11.8 Å². The Morgan fingerprint density at radius 1 is 1.27 bits per heavy atom. The molecule has 0 unspecified atom stereocenters. The maximum absolute atomic E-state index is 12.9. The Balaban J connectivity index is 1.83. The molecule has 0 bridgehead atoms. The lowest BCUT2D eigenvalue weighted by Crippen LogP contribution is -2.43. The number of carbonyl (C=O) groups is 2. The Morgan fingerprint density at radius 3 is 2.69 bits per heavy atom. The molecule has 0 saturated heterocycles. The molecule has 3 rings (SSSR count). The molecule has 6 heteroatoms. The van der Waals surface area contributed by atoms with Gasteiger partial charge in [0.15, 0.2) is 5.60 Å². The fourth-order valence-corrected chi connectivity index (χ4v) is 3.42. The van der Waals surface area contributed by atoms with E-state index in [1.54, 1.807) is 30.3 Å². The molecule has 0 fully saturated rings. The molecule has 26 heavy (non-hydrogen) atoms. The highest BCUT2D eigenvalue weighted by atomic mass is 35.5. The first-order valence-corrected chi connectivity index (χ1v) is 8.73. The molecule has 1 aliphatic rings. The van der Waals surface area contributed by atoms with Gasteiger partial charge in [0.1, 0.15) is 18.1 Å². The van der Waals surface area contributed by atoms with E-state index in [0.717, 1.165) is 5.56 Å². The number of fused-ring (bicyclic) bond motifs is 1. The van der Waals surface area contributed by atoms with Gasteiger partial charge in [-0.25, -0.2) is 0 Å². The molecule has 1 atom stereocenters. The summed E-state index contributed by atoms with van der Waals surface area (Å²) in [5.74, 6) is -0.220. The smallest absolute Gasteiger partial charge is 0.264 e. The Labute approximate surface area is 157 Å². The van der Waals surface area contributed by atoms with E-state index in [9.17, 15) is 14.7 Å². The van der Waals surface area contributed by atoms with Crippen LogP contribution in [0.25, 0.3) is 0 Å². The molecular weight excluding hydrogens is 354 g/mol. The van der Waals surface area contributed by atoms with Crippen molar-refractivity contribution >= 4 is 29.0 Å². The molecule has 1 heterocycles. The second-order valence-electron chi connectivity index (χ2n) is 6.50. The summed E-state index contributed by atoms with van der Waals surface area (Å²) in [6.45, 7) is 3.69. The standard InChI is InChI=1S/C20H20ClNO4/c1-13-7-8-17-15(11-13)20(25,12-14(2)23)19(24)22(17)9-10-26-18-6-4-3-5-16(18)21/h3-8,11,25H,9-10,12H2,1-2H3/t20-/m0/s1. The van der Waals surface area contributed by atoms with E-state index in [4.69, 9.17) is 16.3 Å². The molecule has 5 nitrogen and oxygen atoms in total. The monoisotopic (exact) mass is 373 g/mol. The van der Waals surface area contributed by atoms with Crippen LogP contribution in [0.3, 0.4) is 0 Å². The number of nitrogens with zero attached hydrogens (tertiary/aromatic N) is 1. The summed E-state index contributed by atoms with van der Waals surface area (Å²) in [5.41, 5.74) is 0.160. The number of aryl methyl sites for hydroxylation is 1. The molecule has 0 radical (unpaired) electrons. The third-order valence-electron chi connectivity index (χ3n) is 4.40. The number of Topliss-reactive ketones (excluding diaryl/α,β-unsaturated/α-hetero) is 1. The highest BCUT2D eigenvalue weighted by Gasteiger charge is 2.50. The van der Waals surface area contributed by atoms with Crippen LogP contribution in [0.2, 0.25) is 5.02 Å². The van der Waals surface area contributed by atoms with Gasteiger partial charge in [-0.2, -0.15) is 0 Å². The minimum absolute atomic E-state index is 0.207. The van der Waals surface area contributed by atoms with Gasteiger partial charge < -0.3 is 14.7 Å². The van der Waals surface area contributed by atoms with E-state index in [-0.39, 0.29) is 25.4 Å². The number of ether oxygens (including phenoxy) is 1. The maximum Gasteiger partial charge on any atom is 0.264 e. The molecule has 136 valence electrons. The molecule has 2 aromatic rings. The first-order valence-electron chi connectivity index (χ1n) is 8.35. The van der Waals surface area contributed by atoms with Crippen molar-refractivity contribution in [1.29, 1.82) is 0 Å². The summed E-state index contributed by atoms with van der Waals surface area (Å²) in [6.07, 6.45) is -0.246. The topological polar surface area (TPSA) is 66.8 Å². The third kappa shape index (κ3) is 3.32. The first kappa shape index (κ1) is 18.4. The molecular formula is C20H20ClNO4. The van der Waals surface area contributed by atoms with Crippen LogP contribution in [0.1, 0.15) is 24.5 Å². The molecule has 1 aliphatic heterocycles. The van der Waals surface area contributed by atoms with Crippen molar-refractivity contribution in [3.8, 4) is 5.75 Å². The third-order valence-corrected chi connectivity index (χ3v) is 4.71. The zero-order valence-electron chi connectivity index (χ0n) is 14.7. The van der Waals surface area contributed by atoms with E-state index >= 15 is 0 Å². The number of carbonyl (C=O) groups excluding carboxylic acids is 2. The lowest BCUT2D eigenvalue weighted by atomic mass is 9.89. The quantitative estimate of drug-likeness (QED) is 0.844. The van der Waals surface area contributed by atoms with Crippen molar-refractivity contribution in [2.24, 2.45) is 0 Å². The SMILES string of the molecule is CC(=O)C[C@@]1(O)C(=O)N(CCOc2ccccc2Cl)c2ccc(C)cc21. The number of anilines is 1. The van der Waals surface area contributed by atoms with Crippen molar-refractivity contribution in [3.05, 3.63) is 58.6 Å².